The zero-order valence-electron chi connectivity index (χ0n) is 9.26. The molecule has 0 aromatic carbocycles. The molecule has 0 spiro atoms. The maximum Gasteiger partial charge on any atom is 0.322 e. The van der Waals surface area contributed by atoms with Gasteiger partial charge in [0, 0.05) is 19.6 Å². The van der Waals surface area contributed by atoms with Crippen molar-refractivity contribution in [3.63, 3.8) is 0 Å². The first kappa shape index (κ1) is 12.2. The average molecular weight is 254 g/mol. The molecule has 2 rings (SSSR count). The molecule has 0 amide bonds. The van der Waals surface area contributed by atoms with Crippen LogP contribution in [0.1, 0.15) is 9.67 Å². The molecule has 17 heavy (non-hydrogen) atoms. The largest absolute Gasteiger partial charge is 0.480 e. The molecule has 6 heteroatoms. The summed E-state index contributed by atoms with van der Waals surface area (Å²) in [5.41, 5.74) is 0. The minimum absolute atomic E-state index is 0.00634. The van der Waals surface area contributed by atoms with Gasteiger partial charge in [0.05, 0.1) is 11.4 Å². The number of carbonyl (C=O) groups is 2. The number of hydrogen-bond acceptors (Lipinski definition) is 5. The van der Waals surface area contributed by atoms with Gasteiger partial charge in [0.25, 0.3) is 0 Å². The summed E-state index contributed by atoms with van der Waals surface area (Å²) in [5, 5.41) is 13.9. The fraction of sp³-hybridized carbons (Fsp3) is 0.455. The lowest BCUT2D eigenvalue weighted by atomic mass is 10.1. The molecule has 0 radical (unpaired) electrons. The van der Waals surface area contributed by atoms with E-state index in [4.69, 9.17) is 5.11 Å². The second kappa shape index (κ2) is 5.39. The number of carboxylic acids is 1. The minimum Gasteiger partial charge on any atom is -0.480 e. The Morgan fingerprint density at radius 1 is 1.59 bits per heavy atom. The maximum absolute atomic E-state index is 11.9. The Kier molecular flexibility index (Phi) is 3.88. The predicted octanol–water partition coefficient (Wildman–Crippen LogP) is 0.289. The lowest BCUT2D eigenvalue weighted by molar-refractivity contribution is -0.143. The molecule has 92 valence electrons. The van der Waals surface area contributed by atoms with Crippen molar-refractivity contribution in [3.05, 3.63) is 22.4 Å². The molecule has 1 aromatic heterocycles. The molecule has 0 aliphatic carbocycles. The molecule has 0 bridgehead atoms. The Bertz CT molecular complexity index is 405. The van der Waals surface area contributed by atoms with Crippen LogP contribution < -0.4 is 5.32 Å². The highest BCUT2D eigenvalue weighted by molar-refractivity contribution is 7.12. The van der Waals surface area contributed by atoms with Gasteiger partial charge < -0.3 is 10.4 Å². The second-order valence-corrected chi connectivity index (χ2v) is 4.88. The van der Waals surface area contributed by atoms with E-state index in [-0.39, 0.29) is 12.3 Å². The van der Waals surface area contributed by atoms with E-state index in [1.807, 2.05) is 11.4 Å². The van der Waals surface area contributed by atoms with E-state index in [1.165, 1.54) is 11.3 Å². The molecule has 2 heterocycles. The number of thiophene rings is 1. The Balaban J connectivity index is 2.01. The highest BCUT2D eigenvalue weighted by atomic mass is 32.1. The van der Waals surface area contributed by atoms with Crippen LogP contribution in [0.5, 0.6) is 0 Å². The quantitative estimate of drug-likeness (QED) is 0.756. The summed E-state index contributed by atoms with van der Waals surface area (Å²) in [6.45, 7) is 1.89. The molecular formula is C11H14N2O3S. The molecule has 1 saturated heterocycles. The van der Waals surface area contributed by atoms with Gasteiger partial charge in [0.15, 0.2) is 5.78 Å². The van der Waals surface area contributed by atoms with Gasteiger partial charge in [-0.2, -0.15) is 0 Å². The van der Waals surface area contributed by atoms with Crippen molar-refractivity contribution in [3.8, 4) is 0 Å². The number of hydrogen-bond donors (Lipinski definition) is 2. The second-order valence-electron chi connectivity index (χ2n) is 3.93. The molecule has 2 N–H and O–H groups in total. The van der Waals surface area contributed by atoms with Gasteiger partial charge in [0.1, 0.15) is 6.04 Å². The van der Waals surface area contributed by atoms with Gasteiger partial charge in [-0.05, 0) is 11.4 Å². The summed E-state index contributed by atoms with van der Waals surface area (Å²) in [4.78, 5) is 25.4. The summed E-state index contributed by atoms with van der Waals surface area (Å²) in [7, 11) is 0. The number of carbonyl (C=O) groups excluding carboxylic acids is 1. The fourth-order valence-corrected chi connectivity index (χ4v) is 2.54. The van der Waals surface area contributed by atoms with Crippen LogP contribution in [0.4, 0.5) is 0 Å². The summed E-state index contributed by atoms with van der Waals surface area (Å²) in [6.07, 6.45) is 0. The molecule has 1 atom stereocenters. The third-order valence-corrected chi connectivity index (χ3v) is 3.69. The Morgan fingerprint density at radius 3 is 3.06 bits per heavy atom. The number of aliphatic carboxylic acids is 1. The summed E-state index contributed by atoms with van der Waals surface area (Å²) < 4.78 is 0. The SMILES string of the molecule is O=C(CN1CCNC[C@H]1C(=O)O)c1cccs1. The van der Waals surface area contributed by atoms with Crippen LogP contribution in [0.25, 0.3) is 0 Å². The number of carboxylic acid groups (broad SMARTS) is 1. The van der Waals surface area contributed by atoms with Crippen molar-refractivity contribution in [2.24, 2.45) is 0 Å². The summed E-state index contributed by atoms with van der Waals surface area (Å²) >= 11 is 1.39. The zero-order valence-corrected chi connectivity index (χ0v) is 10.1. The van der Waals surface area contributed by atoms with Crippen LogP contribution in [-0.4, -0.2) is 54.0 Å². The standard InChI is InChI=1S/C11H14N2O3S/c14-9(10-2-1-5-17-10)7-13-4-3-12-6-8(13)11(15)16/h1-2,5,8,12H,3-4,6-7H2,(H,15,16)/t8-/m0/s1. The predicted molar refractivity (Wildman–Crippen MR) is 64.5 cm³/mol. The van der Waals surface area contributed by atoms with Crippen LogP contribution in [0.2, 0.25) is 0 Å². The van der Waals surface area contributed by atoms with Crippen molar-refractivity contribution in [1.29, 1.82) is 0 Å². The number of rotatable bonds is 4. The van der Waals surface area contributed by atoms with Crippen LogP contribution >= 0.6 is 11.3 Å². The topological polar surface area (TPSA) is 69.6 Å². The highest BCUT2D eigenvalue weighted by Crippen LogP contribution is 2.12. The third-order valence-electron chi connectivity index (χ3n) is 2.78. The number of nitrogens with zero attached hydrogens (tertiary/aromatic N) is 1. The lowest BCUT2D eigenvalue weighted by Crippen LogP contribution is -2.56. The van der Waals surface area contributed by atoms with Crippen molar-refractivity contribution in [1.82, 2.24) is 10.2 Å². The Labute approximate surface area is 103 Å². The van der Waals surface area contributed by atoms with E-state index >= 15 is 0 Å². The van der Waals surface area contributed by atoms with Gasteiger partial charge >= 0.3 is 5.97 Å². The van der Waals surface area contributed by atoms with Crippen LogP contribution in [-0.2, 0) is 4.79 Å². The van der Waals surface area contributed by atoms with Crippen LogP contribution in [0.15, 0.2) is 17.5 Å². The first-order valence-corrected chi connectivity index (χ1v) is 6.30. The zero-order chi connectivity index (χ0) is 12.3. The molecular weight excluding hydrogens is 240 g/mol. The third kappa shape index (κ3) is 2.91. The van der Waals surface area contributed by atoms with E-state index in [0.29, 0.717) is 18.0 Å². The van der Waals surface area contributed by atoms with Gasteiger partial charge in [-0.25, -0.2) is 0 Å². The molecule has 0 saturated carbocycles. The highest BCUT2D eigenvalue weighted by Gasteiger charge is 2.29. The monoisotopic (exact) mass is 254 g/mol. The number of ketones is 1. The van der Waals surface area contributed by atoms with Crippen LogP contribution in [0.3, 0.4) is 0 Å². The van der Waals surface area contributed by atoms with E-state index < -0.39 is 12.0 Å². The van der Waals surface area contributed by atoms with E-state index in [0.717, 1.165) is 6.54 Å². The Hall–Kier alpha value is -1.24. The molecule has 1 aliphatic rings. The first-order chi connectivity index (χ1) is 8.18. The maximum atomic E-state index is 11.9. The van der Waals surface area contributed by atoms with E-state index in [9.17, 15) is 9.59 Å². The van der Waals surface area contributed by atoms with Crippen LogP contribution in [0, 0.1) is 0 Å². The van der Waals surface area contributed by atoms with Crippen molar-refractivity contribution in [2.45, 2.75) is 6.04 Å². The smallest absolute Gasteiger partial charge is 0.322 e. The molecule has 0 unspecified atom stereocenters. The number of Topliss-reactive ketones (excluding diaryl/α,β-unsaturated/α-hetero) is 1. The average Bonchev–Trinajstić information content (AvgIpc) is 2.83. The van der Waals surface area contributed by atoms with Gasteiger partial charge in [-0.1, -0.05) is 6.07 Å². The van der Waals surface area contributed by atoms with Crippen molar-refractivity contribution in [2.75, 3.05) is 26.2 Å². The fourth-order valence-electron chi connectivity index (χ4n) is 1.88. The first-order valence-electron chi connectivity index (χ1n) is 5.43. The molecule has 5 nitrogen and oxygen atoms in total. The normalized spacial score (nSPS) is 21.3. The Morgan fingerprint density at radius 2 is 2.41 bits per heavy atom. The van der Waals surface area contributed by atoms with E-state index in [2.05, 4.69) is 5.32 Å². The lowest BCUT2D eigenvalue weighted by Gasteiger charge is -2.32. The summed E-state index contributed by atoms with van der Waals surface area (Å²) in [5.74, 6) is -0.885. The molecule has 1 aromatic rings. The van der Waals surface area contributed by atoms with Gasteiger partial charge in [-0.15, -0.1) is 11.3 Å². The van der Waals surface area contributed by atoms with E-state index in [1.54, 1.807) is 11.0 Å². The summed E-state index contributed by atoms with van der Waals surface area (Å²) in [6, 6.07) is 2.99. The molecule has 1 fully saturated rings. The van der Waals surface area contributed by atoms with Gasteiger partial charge in [-0.3, -0.25) is 14.5 Å². The minimum atomic E-state index is -0.879. The molecule has 1 aliphatic heterocycles. The van der Waals surface area contributed by atoms with Crippen molar-refractivity contribution >= 4 is 23.1 Å². The van der Waals surface area contributed by atoms with Crippen molar-refractivity contribution < 1.29 is 14.7 Å². The van der Waals surface area contributed by atoms with Gasteiger partial charge in [0.2, 0.25) is 0 Å². The number of piperazine rings is 1. The number of nitrogens with one attached hydrogen (secondary N) is 1.